The standard InChI is InChI=1S/C21H28N4O/c1-4-22-20(26)18-12-10-17(11-13-18)14-24-21(23-5-2)25-15-19-9-7-6-8-16(19)3/h6-13H,4-5,14-15H2,1-3H3,(H,22,26)(H2,23,24,25). The van der Waals surface area contributed by atoms with Crippen molar-refractivity contribution in [3.63, 3.8) is 0 Å². The first-order valence-corrected chi connectivity index (χ1v) is 9.07. The molecule has 0 aromatic heterocycles. The van der Waals surface area contributed by atoms with Gasteiger partial charge in [0.2, 0.25) is 0 Å². The van der Waals surface area contributed by atoms with E-state index in [1.54, 1.807) is 0 Å². The molecule has 3 N–H and O–H groups in total. The van der Waals surface area contributed by atoms with Crippen LogP contribution in [0.5, 0.6) is 0 Å². The molecule has 26 heavy (non-hydrogen) atoms. The molecule has 0 aliphatic carbocycles. The fraction of sp³-hybridized carbons (Fsp3) is 0.333. The number of nitrogens with zero attached hydrogens (tertiary/aromatic N) is 1. The molecule has 0 bridgehead atoms. The van der Waals surface area contributed by atoms with Gasteiger partial charge in [-0.1, -0.05) is 36.4 Å². The molecule has 0 radical (unpaired) electrons. The highest BCUT2D eigenvalue weighted by Crippen LogP contribution is 2.07. The molecule has 2 aromatic carbocycles. The molecule has 0 spiro atoms. The molecule has 0 unspecified atom stereocenters. The third-order valence-electron chi connectivity index (χ3n) is 4.02. The predicted molar refractivity (Wildman–Crippen MR) is 107 cm³/mol. The molecular weight excluding hydrogens is 324 g/mol. The summed E-state index contributed by atoms with van der Waals surface area (Å²) >= 11 is 0. The Morgan fingerprint density at radius 1 is 0.923 bits per heavy atom. The Labute approximate surface area is 155 Å². The van der Waals surface area contributed by atoms with Crippen LogP contribution in [0.25, 0.3) is 0 Å². The van der Waals surface area contributed by atoms with E-state index in [0.717, 1.165) is 24.6 Å². The Morgan fingerprint density at radius 3 is 2.27 bits per heavy atom. The molecule has 138 valence electrons. The number of aryl methyl sites for hydroxylation is 1. The number of aliphatic imine (C=N–C) groups is 1. The maximum absolute atomic E-state index is 11.8. The Kier molecular flexibility index (Phi) is 7.68. The zero-order valence-electron chi connectivity index (χ0n) is 15.8. The lowest BCUT2D eigenvalue weighted by Gasteiger charge is -2.12. The maximum Gasteiger partial charge on any atom is 0.251 e. The fourth-order valence-electron chi connectivity index (χ4n) is 2.52. The smallest absolute Gasteiger partial charge is 0.251 e. The number of carbonyl (C=O) groups excluding carboxylic acids is 1. The molecule has 5 heteroatoms. The zero-order chi connectivity index (χ0) is 18.8. The summed E-state index contributed by atoms with van der Waals surface area (Å²) in [6, 6.07) is 15.9. The summed E-state index contributed by atoms with van der Waals surface area (Å²) < 4.78 is 0. The van der Waals surface area contributed by atoms with Gasteiger partial charge in [-0.2, -0.15) is 0 Å². The third-order valence-corrected chi connectivity index (χ3v) is 4.02. The van der Waals surface area contributed by atoms with Crippen molar-refractivity contribution in [1.29, 1.82) is 0 Å². The minimum atomic E-state index is -0.0456. The number of hydrogen-bond donors (Lipinski definition) is 3. The molecule has 0 heterocycles. The molecule has 0 saturated carbocycles. The van der Waals surface area contributed by atoms with E-state index in [0.29, 0.717) is 18.7 Å². The van der Waals surface area contributed by atoms with Crippen LogP contribution in [0.2, 0.25) is 0 Å². The highest BCUT2D eigenvalue weighted by Gasteiger charge is 2.04. The molecule has 0 aliphatic rings. The van der Waals surface area contributed by atoms with Crippen LogP contribution in [0.4, 0.5) is 0 Å². The van der Waals surface area contributed by atoms with Gasteiger partial charge < -0.3 is 16.0 Å². The number of hydrogen-bond acceptors (Lipinski definition) is 2. The van der Waals surface area contributed by atoms with E-state index >= 15 is 0 Å². The number of nitrogens with one attached hydrogen (secondary N) is 3. The first kappa shape index (κ1) is 19.5. The monoisotopic (exact) mass is 352 g/mol. The van der Waals surface area contributed by atoms with Crippen molar-refractivity contribution >= 4 is 11.9 Å². The van der Waals surface area contributed by atoms with Crippen molar-refractivity contribution in [1.82, 2.24) is 16.0 Å². The first-order chi connectivity index (χ1) is 12.6. The average molecular weight is 352 g/mol. The Morgan fingerprint density at radius 2 is 1.62 bits per heavy atom. The molecular formula is C21H28N4O. The van der Waals surface area contributed by atoms with Gasteiger partial charge in [-0.05, 0) is 49.6 Å². The van der Waals surface area contributed by atoms with Crippen molar-refractivity contribution in [2.24, 2.45) is 4.99 Å². The van der Waals surface area contributed by atoms with Crippen molar-refractivity contribution in [3.8, 4) is 0 Å². The second-order valence-corrected chi connectivity index (χ2v) is 6.03. The first-order valence-electron chi connectivity index (χ1n) is 9.07. The minimum Gasteiger partial charge on any atom is -0.357 e. The van der Waals surface area contributed by atoms with E-state index in [2.05, 4.69) is 40.0 Å². The maximum atomic E-state index is 11.8. The summed E-state index contributed by atoms with van der Waals surface area (Å²) in [5.41, 5.74) is 4.25. The molecule has 0 atom stereocenters. The molecule has 2 aromatic rings. The topological polar surface area (TPSA) is 65.5 Å². The van der Waals surface area contributed by atoms with E-state index in [1.807, 2.05) is 50.2 Å². The largest absolute Gasteiger partial charge is 0.357 e. The number of guanidine groups is 1. The summed E-state index contributed by atoms with van der Waals surface area (Å²) in [6.07, 6.45) is 0. The molecule has 0 fully saturated rings. The summed E-state index contributed by atoms with van der Waals surface area (Å²) in [5.74, 6) is 0.736. The van der Waals surface area contributed by atoms with Gasteiger partial charge in [0.1, 0.15) is 0 Å². The Bertz CT molecular complexity index is 738. The van der Waals surface area contributed by atoms with Crippen LogP contribution in [-0.2, 0) is 13.1 Å². The lowest BCUT2D eigenvalue weighted by atomic mass is 10.1. The van der Waals surface area contributed by atoms with Crippen molar-refractivity contribution in [2.75, 3.05) is 13.1 Å². The Balaban J connectivity index is 1.97. The number of benzene rings is 2. The molecule has 5 nitrogen and oxygen atoms in total. The average Bonchev–Trinajstić information content (AvgIpc) is 2.66. The molecule has 0 aliphatic heterocycles. The second kappa shape index (κ2) is 10.2. The highest BCUT2D eigenvalue weighted by atomic mass is 16.1. The quantitative estimate of drug-likeness (QED) is 0.530. The van der Waals surface area contributed by atoms with Gasteiger partial charge in [-0.25, -0.2) is 4.99 Å². The van der Waals surface area contributed by atoms with Gasteiger partial charge in [0.15, 0.2) is 5.96 Å². The van der Waals surface area contributed by atoms with E-state index in [-0.39, 0.29) is 5.91 Å². The van der Waals surface area contributed by atoms with Crippen LogP contribution in [0.1, 0.15) is 40.9 Å². The SMILES string of the molecule is CCNC(=O)c1ccc(CN=C(NCC)NCc2ccccc2C)cc1. The summed E-state index contributed by atoms with van der Waals surface area (Å²) in [7, 11) is 0. The van der Waals surface area contributed by atoms with Gasteiger partial charge in [-0.3, -0.25) is 4.79 Å². The lowest BCUT2D eigenvalue weighted by Crippen LogP contribution is -2.36. The van der Waals surface area contributed by atoms with E-state index in [1.165, 1.54) is 11.1 Å². The molecule has 1 amide bonds. The third kappa shape index (κ3) is 5.92. The molecule has 0 saturated heterocycles. The zero-order valence-corrected chi connectivity index (χ0v) is 15.8. The van der Waals surface area contributed by atoms with Crippen LogP contribution in [0.3, 0.4) is 0 Å². The Hall–Kier alpha value is -2.82. The van der Waals surface area contributed by atoms with E-state index in [4.69, 9.17) is 0 Å². The van der Waals surface area contributed by atoms with E-state index in [9.17, 15) is 4.79 Å². The predicted octanol–water partition coefficient (Wildman–Crippen LogP) is 3.00. The normalized spacial score (nSPS) is 11.1. The van der Waals surface area contributed by atoms with Gasteiger partial charge >= 0.3 is 0 Å². The van der Waals surface area contributed by atoms with Crippen molar-refractivity contribution < 1.29 is 4.79 Å². The fourth-order valence-corrected chi connectivity index (χ4v) is 2.52. The van der Waals surface area contributed by atoms with Crippen LogP contribution >= 0.6 is 0 Å². The lowest BCUT2D eigenvalue weighted by molar-refractivity contribution is 0.0956. The summed E-state index contributed by atoms with van der Waals surface area (Å²) in [5, 5.41) is 9.43. The summed E-state index contributed by atoms with van der Waals surface area (Å²) in [6.45, 7) is 8.78. The van der Waals surface area contributed by atoms with E-state index < -0.39 is 0 Å². The van der Waals surface area contributed by atoms with Crippen LogP contribution < -0.4 is 16.0 Å². The van der Waals surface area contributed by atoms with Crippen LogP contribution in [0, 0.1) is 6.92 Å². The van der Waals surface area contributed by atoms with Crippen LogP contribution in [0.15, 0.2) is 53.5 Å². The number of amides is 1. The molecule has 2 rings (SSSR count). The second-order valence-electron chi connectivity index (χ2n) is 6.03. The van der Waals surface area contributed by atoms with Crippen LogP contribution in [-0.4, -0.2) is 25.0 Å². The number of carbonyl (C=O) groups is 1. The van der Waals surface area contributed by atoms with Gasteiger partial charge in [0.05, 0.1) is 6.54 Å². The van der Waals surface area contributed by atoms with Gasteiger partial charge in [0.25, 0.3) is 5.91 Å². The van der Waals surface area contributed by atoms with Gasteiger partial charge in [0, 0.05) is 25.2 Å². The summed E-state index contributed by atoms with van der Waals surface area (Å²) in [4.78, 5) is 16.4. The highest BCUT2D eigenvalue weighted by molar-refractivity contribution is 5.94. The minimum absolute atomic E-state index is 0.0456. The van der Waals surface area contributed by atoms with Gasteiger partial charge in [-0.15, -0.1) is 0 Å². The number of rotatable bonds is 7. The van der Waals surface area contributed by atoms with Crippen molar-refractivity contribution in [2.45, 2.75) is 33.9 Å². The van der Waals surface area contributed by atoms with Crippen molar-refractivity contribution in [3.05, 3.63) is 70.8 Å².